The van der Waals surface area contributed by atoms with Crippen molar-refractivity contribution in [2.75, 3.05) is 12.9 Å². The molecule has 0 spiro atoms. The van der Waals surface area contributed by atoms with E-state index in [4.69, 9.17) is 9.47 Å². The number of carbonyl (C=O) groups is 3. The van der Waals surface area contributed by atoms with E-state index in [1.807, 2.05) is 0 Å². The Morgan fingerprint density at radius 3 is 2.74 bits per heavy atom. The quantitative estimate of drug-likeness (QED) is 0.646. The highest BCUT2D eigenvalue weighted by atomic mass is 32.2. The van der Waals surface area contributed by atoms with Crippen molar-refractivity contribution >= 4 is 29.6 Å². The number of amides is 1. The van der Waals surface area contributed by atoms with Gasteiger partial charge < -0.3 is 19.9 Å². The summed E-state index contributed by atoms with van der Waals surface area (Å²) in [6.45, 7) is 5.59. The highest BCUT2D eigenvalue weighted by Crippen LogP contribution is 2.58. The van der Waals surface area contributed by atoms with Crippen molar-refractivity contribution in [1.29, 1.82) is 0 Å². The van der Waals surface area contributed by atoms with Crippen LogP contribution in [0.3, 0.4) is 0 Å². The molecule has 0 bridgehead atoms. The minimum Gasteiger partial charge on any atom is -0.467 e. The van der Waals surface area contributed by atoms with E-state index in [2.05, 4.69) is 12.2 Å². The summed E-state index contributed by atoms with van der Waals surface area (Å²) >= 11 is 1.45. The van der Waals surface area contributed by atoms with Crippen molar-refractivity contribution in [3.05, 3.63) is 0 Å². The molecule has 0 aromatic rings. The summed E-state index contributed by atoms with van der Waals surface area (Å²) < 4.78 is 10.3. The van der Waals surface area contributed by atoms with E-state index in [0.717, 1.165) is 12.8 Å². The Morgan fingerprint density at radius 2 is 2.11 bits per heavy atom. The molecule has 1 aliphatic heterocycles. The van der Waals surface area contributed by atoms with Crippen LogP contribution in [0.1, 0.15) is 40.0 Å². The van der Waals surface area contributed by atoms with Gasteiger partial charge in [0, 0.05) is 16.9 Å². The number of rotatable bonds is 6. The lowest BCUT2D eigenvalue weighted by Crippen LogP contribution is -2.56. The first-order chi connectivity index (χ1) is 12.7. The predicted octanol–water partition coefficient (Wildman–Crippen LogP) is 1.12. The molecule has 7 atom stereocenters. The summed E-state index contributed by atoms with van der Waals surface area (Å²) in [7, 11) is 1.29. The highest BCUT2D eigenvalue weighted by Gasteiger charge is 2.68. The van der Waals surface area contributed by atoms with Crippen LogP contribution in [-0.2, 0) is 23.9 Å². The van der Waals surface area contributed by atoms with Gasteiger partial charge in [-0.05, 0) is 31.1 Å². The molecule has 27 heavy (non-hydrogen) atoms. The van der Waals surface area contributed by atoms with Crippen LogP contribution < -0.4 is 5.32 Å². The van der Waals surface area contributed by atoms with E-state index >= 15 is 0 Å². The van der Waals surface area contributed by atoms with Gasteiger partial charge in [-0.2, -0.15) is 11.8 Å². The first-order valence-corrected chi connectivity index (χ1v) is 10.7. The Labute approximate surface area is 163 Å². The third kappa shape index (κ3) is 3.46. The highest BCUT2D eigenvalue weighted by molar-refractivity contribution is 8.00. The number of methoxy groups -OCH3 is 1. The lowest BCUT2D eigenvalue weighted by molar-refractivity contribution is -0.145. The molecule has 2 N–H and O–H groups in total. The van der Waals surface area contributed by atoms with E-state index < -0.39 is 29.6 Å². The summed E-state index contributed by atoms with van der Waals surface area (Å²) in [4.78, 5) is 36.6. The topological polar surface area (TPSA) is 102 Å². The van der Waals surface area contributed by atoms with Gasteiger partial charge in [-0.3, -0.25) is 9.59 Å². The summed E-state index contributed by atoms with van der Waals surface area (Å²) in [5.74, 6) is -1.32. The maximum Gasteiger partial charge on any atom is 0.329 e. The van der Waals surface area contributed by atoms with Gasteiger partial charge in [0.15, 0.2) is 0 Å². The summed E-state index contributed by atoms with van der Waals surface area (Å²) in [5, 5.41) is 13.8. The summed E-state index contributed by atoms with van der Waals surface area (Å²) in [5.41, 5.74) is -1.09. The molecule has 1 heterocycles. The fourth-order valence-corrected chi connectivity index (χ4v) is 6.42. The first-order valence-electron chi connectivity index (χ1n) is 9.62. The number of hydrogen-bond donors (Lipinski definition) is 2. The van der Waals surface area contributed by atoms with Crippen molar-refractivity contribution in [3.63, 3.8) is 0 Å². The van der Waals surface area contributed by atoms with Crippen LogP contribution in [0.4, 0.5) is 0 Å². The fraction of sp³-hybridized carbons (Fsp3) is 0.842. The van der Waals surface area contributed by atoms with Crippen LogP contribution in [0.5, 0.6) is 0 Å². The molecule has 3 fully saturated rings. The zero-order valence-electron chi connectivity index (χ0n) is 16.3. The van der Waals surface area contributed by atoms with Gasteiger partial charge >= 0.3 is 11.9 Å². The zero-order valence-corrected chi connectivity index (χ0v) is 17.1. The van der Waals surface area contributed by atoms with Gasteiger partial charge in [0.1, 0.15) is 23.7 Å². The Kier molecular flexibility index (Phi) is 5.77. The van der Waals surface area contributed by atoms with E-state index in [1.165, 1.54) is 18.9 Å². The number of aliphatic hydroxyl groups is 1. The summed E-state index contributed by atoms with van der Waals surface area (Å²) in [6, 6.07) is -0.786. The number of thioether (sulfide) groups is 1. The second kappa shape index (κ2) is 7.62. The molecule has 152 valence electrons. The Bertz CT molecular complexity index is 625. The van der Waals surface area contributed by atoms with Gasteiger partial charge in [-0.1, -0.05) is 20.8 Å². The summed E-state index contributed by atoms with van der Waals surface area (Å²) in [6.07, 6.45) is 2.01. The van der Waals surface area contributed by atoms with Gasteiger partial charge in [-0.15, -0.1) is 0 Å². The van der Waals surface area contributed by atoms with Gasteiger partial charge in [-0.25, -0.2) is 4.79 Å². The second-order valence-electron chi connectivity index (χ2n) is 8.31. The third-order valence-electron chi connectivity index (χ3n) is 6.29. The van der Waals surface area contributed by atoms with Crippen molar-refractivity contribution in [2.45, 2.75) is 63.0 Å². The van der Waals surface area contributed by atoms with E-state index in [0.29, 0.717) is 6.42 Å². The van der Waals surface area contributed by atoms with Crippen LogP contribution in [0.15, 0.2) is 0 Å². The molecular formula is C19H29NO6S. The average molecular weight is 400 g/mol. The Balaban J connectivity index is 1.74. The maximum atomic E-state index is 12.5. The third-order valence-corrected chi connectivity index (χ3v) is 7.93. The SMILES string of the molecule is COC(=O)[C@H](CS[C@H]1C2C(=O)O[C@@H]3CC[C@H](C[C@@H]1C)[C@]23O)NC(=O)C(C)C. The fourth-order valence-electron chi connectivity index (χ4n) is 4.82. The molecule has 3 aliphatic rings. The van der Waals surface area contributed by atoms with Crippen LogP contribution in [0.25, 0.3) is 0 Å². The number of nitrogens with one attached hydrogen (secondary N) is 1. The number of hydrogen-bond acceptors (Lipinski definition) is 7. The molecular weight excluding hydrogens is 370 g/mol. The predicted molar refractivity (Wildman–Crippen MR) is 99.9 cm³/mol. The molecule has 0 radical (unpaired) electrons. The molecule has 1 amide bonds. The smallest absolute Gasteiger partial charge is 0.329 e. The molecule has 2 saturated carbocycles. The van der Waals surface area contributed by atoms with Crippen molar-refractivity contribution < 1.29 is 29.0 Å². The van der Waals surface area contributed by atoms with Gasteiger partial charge in [0.25, 0.3) is 0 Å². The van der Waals surface area contributed by atoms with Gasteiger partial charge in [0.2, 0.25) is 5.91 Å². The minimum atomic E-state index is -1.09. The van der Waals surface area contributed by atoms with Crippen LogP contribution in [-0.4, -0.2) is 58.8 Å². The maximum absolute atomic E-state index is 12.5. The van der Waals surface area contributed by atoms with Gasteiger partial charge in [0.05, 0.1) is 7.11 Å². The minimum absolute atomic E-state index is 0.0860. The zero-order chi connectivity index (χ0) is 19.9. The number of esters is 2. The molecule has 1 saturated heterocycles. The monoisotopic (exact) mass is 399 g/mol. The van der Waals surface area contributed by atoms with Crippen LogP contribution >= 0.6 is 11.8 Å². The number of carbonyl (C=O) groups excluding carboxylic acids is 3. The van der Waals surface area contributed by atoms with Crippen molar-refractivity contribution in [1.82, 2.24) is 5.32 Å². The van der Waals surface area contributed by atoms with Crippen molar-refractivity contribution in [2.24, 2.45) is 23.7 Å². The van der Waals surface area contributed by atoms with E-state index in [9.17, 15) is 19.5 Å². The Hall–Kier alpha value is -1.28. The van der Waals surface area contributed by atoms with Crippen molar-refractivity contribution in [3.8, 4) is 0 Å². The molecule has 0 aromatic carbocycles. The van der Waals surface area contributed by atoms with Crippen LogP contribution in [0, 0.1) is 23.7 Å². The number of ether oxygens (including phenoxy) is 2. The molecule has 3 rings (SSSR count). The van der Waals surface area contributed by atoms with E-state index in [1.54, 1.807) is 13.8 Å². The standard InChI is InChI=1S/C19H29NO6S/c1-9(2)16(21)20-12(17(22)25-4)8-27-15-10(3)7-11-5-6-13-19(11,24)14(15)18(23)26-13/h9-15,24H,5-8H2,1-4H3,(H,20,21)/t10-,11+,12-,13+,14?,15+,19+/m0/s1. The lowest BCUT2D eigenvalue weighted by atomic mass is 9.66. The van der Waals surface area contributed by atoms with E-state index in [-0.39, 0.29) is 40.6 Å². The first kappa shape index (κ1) is 20.5. The normalized spacial score (nSPS) is 38.3. The molecule has 1 unspecified atom stereocenters. The average Bonchev–Trinajstić information content (AvgIpc) is 3.06. The molecule has 8 heteroatoms. The molecule has 2 aliphatic carbocycles. The van der Waals surface area contributed by atoms with Crippen LogP contribution in [0.2, 0.25) is 0 Å². The Morgan fingerprint density at radius 1 is 1.41 bits per heavy atom. The second-order valence-corrected chi connectivity index (χ2v) is 9.53. The largest absolute Gasteiger partial charge is 0.467 e. The molecule has 7 nitrogen and oxygen atoms in total. The molecule has 0 aromatic heterocycles. The lowest BCUT2D eigenvalue weighted by Gasteiger charge is -2.44.